The third-order valence-electron chi connectivity index (χ3n) is 3.66. The van der Waals surface area contributed by atoms with E-state index in [1.807, 2.05) is 31.2 Å². The Kier molecular flexibility index (Phi) is 4.90. The van der Waals surface area contributed by atoms with Crippen molar-refractivity contribution >= 4 is 23.5 Å². The third-order valence-corrected chi connectivity index (χ3v) is 3.90. The maximum absolute atomic E-state index is 12.6. The van der Waals surface area contributed by atoms with Gasteiger partial charge < -0.3 is 4.74 Å². The number of hydrazone groups is 1. The zero-order chi connectivity index (χ0) is 17.8. The van der Waals surface area contributed by atoms with Crippen LogP contribution in [0.1, 0.15) is 11.3 Å². The fraction of sp³-hybridized carbons (Fsp3) is 0.111. The monoisotopic (exact) mass is 356 g/mol. The zero-order valence-corrected chi connectivity index (χ0v) is 14.5. The van der Waals surface area contributed by atoms with E-state index in [9.17, 15) is 4.79 Å². The first kappa shape index (κ1) is 16.9. The summed E-state index contributed by atoms with van der Waals surface area (Å²) >= 11 is 5.99. The summed E-state index contributed by atoms with van der Waals surface area (Å²) in [6.07, 6.45) is 1.50. The SMILES string of the molecule is COc1ccc(NN=Cc2c(C)[nH]n(-c3cccc(Cl)c3)c2=O)cc1. The summed E-state index contributed by atoms with van der Waals surface area (Å²) < 4.78 is 6.54. The van der Waals surface area contributed by atoms with Crippen LogP contribution in [-0.4, -0.2) is 23.1 Å². The van der Waals surface area contributed by atoms with E-state index >= 15 is 0 Å². The topological polar surface area (TPSA) is 71.4 Å². The number of anilines is 1. The van der Waals surface area contributed by atoms with Gasteiger partial charge in [0, 0.05) is 10.7 Å². The minimum atomic E-state index is -0.194. The van der Waals surface area contributed by atoms with Gasteiger partial charge >= 0.3 is 0 Å². The minimum absolute atomic E-state index is 0.194. The van der Waals surface area contributed by atoms with Gasteiger partial charge in [-0.05, 0) is 49.4 Å². The highest BCUT2D eigenvalue weighted by molar-refractivity contribution is 6.30. The second-order valence-electron chi connectivity index (χ2n) is 5.37. The number of nitrogens with zero attached hydrogens (tertiary/aromatic N) is 2. The Morgan fingerprint density at radius 2 is 2.00 bits per heavy atom. The van der Waals surface area contributed by atoms with Gasteiger partial charge in [-0.3, -0.25) is 15.3 Å². The minimum Gasteiger partial charge on any atom is -0.497 e. The van der Waals surface area contributed by atoms with Crippen LogP contribution in [0.4, 0.5) is 5.69 Å². The molecule has 2 N–H and O–H groups in total. The quantitative estimate of drug-likeness (QED) is 0.542. The molecule has 3 aromatic rings. The Hall–Kier alpha value is -2.99. The van der Waals surface area contributed by atoms with Gasteiger partial charge in [0.1, 0.15) is 5.75 Å². The lowest BCUT2D eigenvalue weighted by molar-refractivity contribution is 0.415. The summed E-state index contributed by atoms with van der Waals surface area (Å²) in [6.45, 7) is 1.82. The van der Waals surface area contributed by atoms with Gasteiger partial charge in [-0.1, -0.05) is 17.7 Å². The molecule has 7 heteroatoms. The van der Waals surface area contributed by atoms with Crippen molar-refractivity contribution in [1.29, 1.82) is 0 Å². The molecule has 0 bridgehead atoms. The van der Waals surface area contributed by atoms with E-state index in [-0.39, 0.29) is 5.56 Å². The van der Waals surface area contributed by atoms with Crippen LogP contribution >= 0.6 is 11.6 Å². The number of rotatable bonds is 5. The van der Waals surface area contributed by atoms with Crippen molar-refractivity contribution in [3.05, 3.63) is 75.2 Å². The molecule has 0 fully saturated rings. The van der Waals surface area contributed by atoms with Gasteiger partial charge in [0.15, 0.2) is 0 Å². The first-order valence-corrected chi connectivity index (χ1v) is 7.97. The van der Waals surface area contributed by atoms with Crippen molar-refractivity contribution in [3.8, 4) is 11.4 Å². The van der Waals surface area contributed by atoms with Crippen LogP contribution in [0.15, 0.2) is 58.4 Å². The second kappa shape index (κ2) is 7.27. The highest BCUT2D eigenvalue weighted by Crippen LogP contribution is 2.15. The average molecular weight is 357 g/mol. The number of nitrogens with one attached hydrogen (secondary N) is 2. The van der Waals surface area contributed by atoms with Gasteiger partial charge in [-0.15, -0.1) is 0 Å². The number of aromatic nitrogens is 2. The predicted molar refractivity (Wildman–Crippen MR) is 100 cm³/mol. The lowest BCUT2D eigenvalue weighted by Crippen LogP contribution is -2.17. The normalized spacial score (nSPS) is 11.0. The molecular weight excluding hydrogens is 340 g/mol. The first-order chi connectivity index (χ1) is 12.1. The van der Waals surface area contributed by atoms with Crippen LogP contribution in [0.3, 0.4) is 0 Å². The van der Waals surface area contributed by atoms with Gasteiger partial charge in [-0.25, -0.2) is 4.68 Å². The Morgan fingerprint density at radius 1 is 1.24 bits per heavy atom. The fourth-order valence-electron chi connectivity index (χ4n) is 2.35. The van der Waals surface area contributed by atoms with Crippen LogP contribution in [0, 0.1) is 6.92 Å². The Balaban J connectivity index is 1.82. The Labute approximate surface area is 149 Å². The van der Waals surface area contributed by atoms with E-state index in [0.29, 0.717) is 22.0 Å². The van der Waals surface area contributed by atoms with Gasteiger partial charge in [-0.2, -0.15) is 5.10 Å². The molecule has 0 aliphatic rings. The lowest BCUT2D eigenvalue weighted by atomic mass is 10.3. The van der Waals surface area contributed by atoms with E-state index in [1.54, 1.807) is 31.4 Å². The molecule has 0 aliphatic carbocycles. The molecule has 3 rings (SSSR count). The third kappa shape index (κ3) is 3.75. The van der Waals surface area contributed by atoms with Crippen molar-refractivity contribution in [2.75, 3.05) is 12.5 Å². The number of benzene rings is 2. The highest BCUT2D eigenvalue weighted by Gasteiger charge is 2.10. The number of ether oxygens (including phenoxy) is 1. The molecule has 6 nitrogen and oxygen atoms in total. The number of hydrogen-bond donors (Lipinski definition) is 2. The molecule has 1 aromatic heterocycles. The fourth-order valence-corrected chi connectivity index (χ4v) is 2.53. The molecule has 0 amide bonds. The van der Waals surface area contributed by atoms with Crippen molar-refractivity contribution in [2.24, 2.45) is 5.10 Å². The molecule has 0 unspecified atom stereocenters. The zero-order valence-electron chi connectivity index (χ0n) is 13.8. The van der Waals surface area contributed by atoms with Gasteiger partial charge in [0.25, 0.3) is 5.56 Å². The van der Waals surface area contributed by atoms with E-state index < -0.39 is 0 Å². The predicted octanol–water partition coefficient (Wildman–Crippen LogP) is 3.58. The highest BCUT2D eigenvalue weighted by atomic mass is 35.5. The molecule has 0 saturated heterocycles. The molecule has 0 saturated carbocycles. The van der Waals surface area contributed by atoms with Crippen molar-refractivity contribution in [3.63, 3.8) is 0 Å². The summed E-state index contributed by atoms with van der Waals surface area (Å²) in [6, 6.07) is 14.4. The van der Waals surface area contributed by atoms with Crippen molar-refractivity contribution < 1.29 is 4.74 Å². The van der Waals surface area contributed by atoms with Crippen molar-refractivity contribution in [2.45, 2.75) is 6.92 Å². The van der Waals surface area contributed by atoms with Crippen LogP contribution < -0.4 is 15.7 Å². The lowest BCUT2D eigenvalue weighted by Gasteiger charge is -2.02. The number of methoxy groups -OCH3 is 1. The number of aryl methyl sites for hydroxylation is 1. The van der Waals surface area contributed by atoms with Gasteiger partial charge in [0.05, 0.1) is 30.3 Å². The van der Waals surface area contributed by atoms with E-state index in [2.05, 4.69) is 15.6 Å². The second-order valence-corrected chi connectivity index (χ2v) is 5.81. The maximum Gasteiger partial charge on any atom is 0.280 e. The number of H-pyrrole nitrogens is 1. The van der Waals surface area contributed by atoms with E-state index in [1.165, 1.54) is 10.9 Å². The van der Waals surface area contributed by atoms with Crippen LogP contribution in [-0.2, 0) is 0 Å². The standard InChI is InChI=1S/C18H17ClN4O2/c1-12-17(11-20-21-14-6-8-16(25-2)9-7-14)18(24)23(22-12)15-5-3-4-13(19)10-15/h3-11,21-22H,1-2H3. The van der Waals surface area contributed by atoms with Crippen LogP contribution in [0.2, 0.25) is 5.02 Å². The number of halogens is 1. The van der Waals surface area contributed by atoms with Crippen molar-refractivity contribution in [1.82, 2.24) is 9.78 Å². The summed E-state index contributed by atoms with van der Waals surface area (Å²) in [5.74, 6) is 0.764. The molecule has 0 atom stereocenters. The largest absolute Gasteiger partial charge is 0.497 e. The van der Waals surface area contributed by atoms with Crippen LogP contribution in [0.5, 0.6) is 5.75 Å². The molecule has 0 spiro atoms. The summed E-state index contributed by atoms with van der Waals surface area (Å²) in [5.41, 5.74) is 5.34. The molecular formula is C18H17ClN4O2. The molecule has 2 aromatic carbocycles. The Bertz CT molecular complexity index is 958. The van der Waals surface area contributed by atoms with E-state index in [0.717, 1.165) is 11.4 Å². The van der Waals surface area contributed by atoms with E-state index in [4.69, 9.17) is 16.3 Å². The molecule has 0 aliphatic heterocycles. The Morgan fingerprint density at radius 3 is 2.68 bits per heavy atom. The summed E-state index contributed by atoms with van der Waals surface area (Å²) in [5, 5.41) is 7.73. The molecule has 1 heterocycles. The number of aromatic amines is 1. The summed E-state index contributed by atoms with van der Waals surface area (Å²) in [7, 11) is 1.61. The molecule has 0 radical (unpaired) electrons. The number of hydrogen-bond acceptors (Lipinski definition) is 4. The van der Waals surface area contributed by atoms with Crippen LogP contribution in [0.25, 0.3) is 5.69 Å². The molecule has 128 valence electrons. The maximum atomic E-state index is 12.6. The average Bonchev–Trinajstić information content (AvgIpc) is 2.90. The summed E-state index contributed by atoms with van der Waals surface area (Å²) in [4.78, 5) is 12.6. The van der Waals surface area contributed by atoms with Gasteiger partial charge in [0.2, 0.25) is 0 Å². The molecule has 25 heavy (non-hydrogen) atoms. The smallest absolute Gasteiger partial charge is 0.280 e. The first-order valence-electron chi connectivity index (χ1n) is 7.59.